The molecule has 3 atom stereocenters. The van der Waals surface area contributed by atoms with Gasteiger partial charge in [0.1, 0.15) is 5.82 Å². The molecule has 1 aromatic carbocycles. The van der Waals surface area contributed by atoms with Crippen LogP contribution in [0.5, 0.6) is 0 Å². The normalized spacial score (nSPS) is 24.2. The Bertz CT molecular complexity index is 730. The monoisotopic (exact) mass is 397 g/mol. The second-order valence-electron chi connectivity index (χ2n) is 6.89. The van der Waals surface area contributed by atoms with Gasteiger partial charge in [0, 0.05) is 44.5 Å². The van der Waals surface area contributed by atoms with Crippen LogP contribution in [-0.4, -0.2) is 86.6 Å². The molecule has 9 heteroatoms. The fraction of sp³-hybridized carbons (Fsp3) is 0.556. The summed E-state index contributed by atoms with van der Waals surface area (Å²) in [5.74, 6) is -0.487. The van der Waals surface area contributed by atoms with Crippen molar-refractivity contribution in [1.29, 1.82) is 0 Å². The number of hydrogen-bond acceptors (Lipinski definition) is 4. The van der Waals surface area contributed by atoms with Gasteiger partial charge in [0.15, 0.2) is 0 Å². The molecule has 2 heterocycles. The summed E-state index contributed by atoms with van der Waals surface area (Å²) in [7, 11) is -1.30. The van der Waals surface area contributed by atoms with Crippen LogP contribution < -0.4 is 0 Å². The minimum atomic E-state index is -1.30. The minimum Gasteiger partial charge on any atom is -0.394 e. The van der Waals surface area contributed by atoms with Gasteiger partial charge < -0.3 is 19.8 Å². The molecule has 1 N–H and O–H groups in total. The quantitative estimate of drug-likeness (QED) is 0.812. The van der Waals surface area contributed by atoms with Gasteiger partial charge in [-0.05, 0) is 30.7 Å². The number of carbonyl (C=O) groups is 2. The van der Waals surface area contributed by atoms with Gasteiger partial charge in [-0.25, -0.2) is 9.18 Å². The predicted molar refractivity (Wildman–Crippen MR) is 98.0 cm³/mol. The molecule has 2 unspecified atom stereocenters. The van der Waals surface area contributed by atoms with E-state index in [1.54, 1.807) is 14.7 Å². The topological polar surface area (TPSA) is 81.2 Å². The van der Waals surface area contributed by atoms with Crippen molar-refractivity contribution in [3.05, 3.63) is 30.1 Å². The summed E-state index contributed by atoms with van der Waals surface area (Å²) in [5, 5.41) is 9.33. The first kappa shape index (κ1) is 19.8. The molecule has 2 fully saturated rings. The van der Waals surface area contributed by atoms with Crippen LogP contribution in [0.15, 0.2) is 29.2 Å². The summed E-state index contributed by atoms with van der Waals surface area (Å²) in [6.45, 7) is 3.24. The van der Waals surface area contributed by atoms with Gasteiger partial charge in [-0.3, -0.25) is 9.00 Å². The molecule has 7 nitrogen and oxygen atoms in total. The Morgan fingerprint density at radius 2 is 1.81 bits per heavy atom. The van der Waals surface area contributed by atoms with Gasteiger partial charge in [-0.2, -0.15) is 0 Å². The maximum absolute atomic E-state index is 13.0. The van der Waals surface area contributed by atoms with E-state index in [9.17, 15) is 23.3 Å². The number of halogens is 1. The maximum Gasteiger partial charge on any atom is 0.320 e. The standard InChI is InChI=1S/C18H24FN3O4S/c1-13(24)22-9-8-21(10-15(22)12-23)18(25)20-7-6-17(11-20)27(26)16-4-2-14(19)3-5-16/h2-5,15,17,23H,6-12H2,1H3/t15-,17?,27?/m0/s1. The number of carbonyl (C=O) groups excluding carboxylic acids is 2. The number of piperazine rings is 1. The fourth-order valence-corrected chi connectivity index (χ4v) is 5.06. The van der Waals surface area contributed by atoms with Crippen molar-refractivity contribution in [2.75, 3.05) is 39.3 Å². The molecule has 0 radical (unpaired) electrons. The average Bonchev–Trinajstić information content (AvgIpc) is 3.17. The van der Waals surface area contributed by atoms with E-state index in [0.717, 1.165) is 0 Å². The van der Waals surface area contributed by atoms with Crippen LogP contribution in [0.25, 0.3) is 0 Å². The molecular weight excluding hydrogens is 373 g/mol. The van der Waals surface area contributed by atoms with E-state index in [2.05, 4.69) is 0 Å². The van der Waals surface area contributed by atoms with E-state index in [0.29, 0.717) is 37.5 Å². The average molecular weight is 397 g/mol. The number of rotatable bonds is 3. The first-order valence-corrected chi connectivity index (χ1v) is 10.2. The van der Waals surface area contributed by atoms with Crippen molar-refractivity contribution in [2.45, 2.75) is 29.5 Å². The summed E-state index contributed by atoms with van der Waals surface area (Å²) < 4.78 is 25.7. The Morgan fingerprint density at radius 3 is 2.44 bits per heavy atom. The number of aliphatic hydroxyl groups is 1. The number of nitrogens with zero attached hydrogens (tertiary/aromatic N) is 3. The van der Waals surface area contributed by atoms with E-state index < -0.39 is 16.8 Å². The van der Waals surface area contributed by atoms with Crippen LogP contribution in [0.2, 0.25) is 0 Å². The highest BCUT2D eigenvalue weighted by Crippen LogP contribution is 2.22. The molecule has 0 saturated carbocycles. The van der Waals surface area contributed by atoms with Gasteiger partial charge >= 0.3 is 6.03 Å². The fourth-order valence-electron chi connectivity index (χ4n) is 3.64. The lowest BCUT2D eigenvalue weighted by Gasteiger charge is -2.41. The van der Waals surface area contributed by atoms with Crippen molar-refractivity contribution in [2.24, 2.45) is 0 Å². The zero-order chi connectivity index (χ0) is 19.6. The van der Waals surface area contributed by atoms with Gasteiger partial charge in [0.2, 0.25) is 5.91 Å². The van der Waals surface area contributed by atoms with E-state index in [1.807, 2.05) is 0 Å². The number of urea groups is 1. The first-order chi connectivity index (χ1) is 12.9. The largest absolute Gasteiger partial charge is 0.394 e. The molecule has 3 rings (SSSR count). The molecule has 148 valence electrons. The molecule has 0 aliphatic carbocycles. The van der Waals surface area contributed by atoms with Crippen molar-refractivity contribution in [1.82, 2.24) is 14.7 Å². The molecule has 1 aromatic rings. The molecule has 0 spiro atoms. The lowest BCUT2D eigenvalue weighted by molar-refractivity contribution is -0.134. The second-order valence-corrected chi connectivity index (χ2v) is 8.62. The van der Waals surface area contributed by atoms with Crippen molar-refractivity contribution >= 4 is 22.7 Å². The highest BCUT2D eigenvalue weighted by atomic mass is 32.2. The second kappa shape index (κ2) is 8.35. The Labute approximate surface area is 160 Å². The summed E-state index contributed by atoms with van der Waals surface area (Å²) in [5.41, 5.74) is 0. The number of hydrogen-bond donors (Lipinski definition) is 1. The highest BCUT2D eigenvalue weighted by Gasteiger charge is 2.36. The van der Waals surface area contributed by atoms with E-state index in [4.69, 9.17) is 0 Å². The van der Waals surface area contributed by atoms with Crippen LogP contribution in [0.4, 0.5) is 9.18 Å². The van der Waals surface area contributed by atoms with Crippen molar-refractivity contribution in [3.63, 3.8) is 0 Å². The third kappa shape index (κ3) is 4.30. The molecule has 2 saturated heterocycles. The first-order valence-electron chi connectivity index (χ1n) is 8.98. The van der Waals surface area contributed by atoms with Gasteiger partial charge in [0.25, 0.3) is 0 Å². The van der Waals surface area contributed by atoms with E-state index >= 15 is 0 Å². The van der Waals surface area contributed by atoms with Crippen LogP contribution >= 0.6 is 0 Å². The highest BCUT2D eigenvalue weighted by molar-refractivity contribution is 7.85. The number of likely N-dealkylation sites (tertiary alicyclic amines) is 1. The van der Waals surface area contributed by atoms with Crippen LogP contribution in [0, 0.1) is 5.82 Å². The van der Waals surface area contributed by atoms with Crippen LogP contribution in [0.1, 0.15) is 13.3 Å². The molecule has 27 heavy (non-hydrogen) atoms. The zero-order valence-electron chi connectivity index (χ0n) is 15.2. The van der Waals surface area contributed by atoms with Gasteiger partial charge in [-0.15, -0.1) is 0 Å². The molecule has 0 aromatic heterocycles. The molecule has 0 bridgehead atoms. The Kier molecular flexibility index (Phi) is 6.11. The summed E-state index contributed by atoms with van der Waals surface area (Å²) in [6, 6.07) is 5.05. The SMILES string of the molecule is CC(=O)N1CCN(C(=O)N2CCC(S(=O)c3ccc(F)cc3)C2)C[C@H]1CO. The van der Waals surface area contributed by atoms with Crippen LogP contribution in [0.3, 0.4) is 0 Å². The van der Waals surface area contributed by atoms with Crippen molar-refractivity contribution < 1.29 is 23.3 Å². The third-order valence-electron chi connectivity index (χ3n) is 5.13. The number of benzene rings is 1. The smallest absolute Gasteiger partial charge is 0.320 e. The molecular formula is C18H24FN3O4S. The van der Waals surface area contributed by atoms with Gasteiger partial charge in [-0.1, -0.05) is 0 Å². The molecule has 2 aliphatic rings. The lowest BCUT2D eigenvalue weighted by atomic mass is 10.2. The summed E-state index contributed by atoms with van der Waals surface area (Å²) >= 11 is 0. The van der Waals surface area contributed by atoms with Gasteiger partial charge in [0.05, 0.1) is 28.7 Å². The zero-order valence-corrected chi connectivity index (χ0v) is 16.0. The lowest BCUT2D eigenvalue weighted by Crippen LogP contribution is -2.59. The van der Waals surface area contributed by atoms with E-state index in [-0.39, 0.29) is 36.2 Å². The summed E-state index contributed by atoms with van der Waals surface area (Å²) in [4.78, 5) is 29.9. The number of amides is 3. The molecule has 2 aliphatic heterocycles. The Morgan fingerprint density at radius 1 is 1.15 bits per heavy atom. The third-order valence-corrected chi connectivity index (χ3v) is 6.86. The van der Waals surface area contributed by atoms with E-state index in [1.165, 1.54) is 31.2 Å². The van der Waals surface area contributed by atoms with Crippen molar-refractivity contribution in [3.8, 4) is 0 Å². The Balaban J connectivity index is 1.60. The van der Waals surface area contributed by atoms with Crippen LogP contribution in [-0.2, 0) is 15.6 Å². The maximum atomic E-state index is 13.0. The Hall–Kier alpha value is -2.00. The number of aliphatic hydroxyl groups excluding tert-OH is 1. The summed E-state index contributed by atoms with van der Waals surface area (Å²) in [6.07, 6.45) is 0.618. The minimum absolute atomic E-state index is 0.114. The predicted octanol–water partition coefficient (Wildman–Crippen LogP) is 0.653. The molecule has 3 amide bonds.